The lowest BCUT2D eigenvalue weighted by molar-refractivity contribution is 0.415. The molecule has 3 unspecified atom stereocenters. The summed E-state index contributed by atoms with van der Waals surface area (Å²) in [5, 5.41) is 0. The van der Waals surface area contributed by atoms with E-state index in [0.29, 0.717) is 0 Å². The zero-order valence-corrected chi connectivity index (χ0v) is 7.14. The largest absolute Gasteiger partial charge is 0.0651 e. The summed E-state index contributed by atoms with van der Waals surface area (Å²) in [6, 6.07) is 0. The van der Waals surface area contributed by atoms with Gasteiger partial charge in [0.1, 0.15) is 0 Å². The maximum Gasteiger partial charge on any atom is -0.0324 e. The Morgan fingerprint density at radius 2 is 1.90 bits per heavy atom. The molecule has 0 aromatic rings. The van der Waals surface area contributed by atoms with Crippen molar-refractivity contribution in [2.24, 2.45) is 23.7 Å². The van der Waals surface area contributed by atoms with E-state index in [9.17, 15) is 0 Å². The minimum Gasteiger partial charge on any atom is -0.0651 e. The van der Waals surface area contributed by atoms with Crippen molar-refractivity contribution in [3.63, 3.8) is 0 Å². The highest BCUT2D eigenvalue weighted by atomic mass is 14.6. The second-order valence-electron chi connectivity index (χ2n) is 4.06. The standard InChI is InChI=1S/C10H18/c1-3-7-5-6-9-8(4-2)10(7)9/h7-10H,3-6H2,1-2H3/t7?,8-,9?,10?/m0/s1. The first-order chi connectivity index (χ1) is 4.88. The molecule has 0 nitrogen and oxygen atoms in total. The molecule has 0 bridgehead atoms. The van der Waals surface area contributed by atoms with Gasteiger partial charge in [0.25, 0.3) is 0 Å². The molecule has 4 atom stereocenters. The first-order valence-corrected chi connectivity index (χ1v) is 4.88. The summed E-state index contributed by atoms with van der Waals surface area (Å²) in [5.74, 6) is 4.62. The van der Waals surface area contributed by atoms with Crippen LogP contribution in [0.2, 0.25) is 0 Å². The third kappa shape index (κ3) is 0.741. The summed E-state index contributed by atoms with van der Waals surface area (Å²) in [6.45, 7) is 4.72. The molecule has 0 heteroatoms. The molecule has 58 valence electrons. The van der Waals surface area contributed by atoms with Gasteiger partial charge in [0.05, 0.1) is 0 Å². The van der Waals surface area contributed by atoms with E-state index in [4.69, 9.17) is 0 Å². The number of hydrogen-bond donors (Lipinski definition) is 0. The molecule has 0 N–H and O–H groups in total. The summed E-state index contributed by atoms with van der Waals surface area (Å²) in [7, 11) is 0. The maximum atomic E-state index is 2.36. The fourth-order valence-electron chi connectivity index (χ4n) is 3.23. The van der Waals surface area contributed by atoms with Crippen molar-refractivity contribution in [1.29, 1.82) is 0 Å². The molecular formula is C10H18. The lowest BCUT2D eigenvalue weighted by atomic mass is 9.96. The predicted octanol–water partition coefficient (Wildman–Crippen LogP) is 3.08. The number of hydrogen-bond acceptors (Lipinski definition) is 0. The Bertz CT molecular complexity index is 124. The summed E-state index contributed by atoms with van der Waals surface area (Å²) in [4.78, 5) is 0. The van der Waals surface area contributed by atoms with Gasteiger partial charge >= 0.3 is 0 Å². The van der Waals surface area contributed by atoms with Gasteiger partial charge in [0, 0.05) is 0 Å². The quantitative estimate of drug-likeness (QED) is 0.550. The molecule has 10 heavy (non-hydrogen) atoms. The van der Waals surface area contributed by atoms with Crippen LogP contribution in [-0.4, -0.2) is 0 Å². The van der Waals surface area contributed by atoms with Crippen LogP contribution in [0.1, 0.15) is 39.5 Å². The van der Waals surface area contributed by atoms with Crippen LogP contribution in [0.5, 0.6) is 0 Å². The van der Waals surface area contributed by atoms with E-state index in [0.717, 1.165) is 11.8 Å². The molecule has 0 radical (unpaired) electrons. The van der Waals surface area contributed by atoms with Gasteiger partial charge in [0.15, 0.2) is 0 Å². The van der Waals surface area contributed by atoms with Crippen molar-refractivity contribution in [2.45, 2.75) is 39.5 Å². The second-order valence-corrected chi connectivity index (χ2v) is 4.06. The van der Waals surface area contributed by atoms with Crippen molar-refractivity contribution in [2.75, 3.05) is 0 Å². The molecule has 0 spiro atoms. The topological polar surface area (TPSA) is 0 Å². The van der Waals surface area contributed by atoms with Crippen LogP contribution in [0.25, 0.3) is 0 Å². The van der Waals surface area contributed by atoms with Crippen LogP contribution >= 0.6 is 0 Å². The van der Waals surface area contributed by atoms with Crippen molar-refractivity contribution in [1.82, 2.24) is 0 Å². The van der Waals surface area contributed by atoms with Crippen LogP contribution < -0.4 is 0 Å². The van der Waals surface area contributed by atoms with Gasteiger partial charge in [-0.2, -0.15) is 0 Å². The number of rotatable bonds is 2. The van der Waals surface area contributed by atoms with E-state index in [1.54, 1.807) is 12.8 Å². The van der Waals surface area contributed by atoms with Gasteiger partial charge < -0.3 is 0 Å². The first kappa shape index (κ1) is 6.69. The van der Waals surface area contributed by atoms with Crippen LogP contribution in [0, 0.1) is 23.7 Å². The second kappa shape index (κ2) is 2.25. The molecule has 0 amide bonds. The minimum atomic E-state index is 1.12. The Morgan fingerprint density at radius 3 is 2.40 bits per heavy atom. The Balaban J connectivity index is 1.94. The van der Waals surface area contributed by atoms with Gasteiger partial charge in [0.2, 0.25) is 0 Å². The molecule has 0 saturated heterocycles. The van der Waals surface area contributed by atoms with E-state index in [1.165, 1.54) is 24.7 Å². The Labute approximate surface area is 64.0 Å². The Morgan fingerprint density at radius 1 is 1.10 bits per heavy atom. The molecule has 0 aromatic heterocycles. The minimum absolute atomic E-state index is 1.12. The highest BCUT2D eigenvalue weighted by Crippen LogP contribution is 2.62. The zero-order chi connectivity index (χ0) is 7.14. The molecule has 2 fully saturated rings. The van der Waals surface area contributed by atoms with Crippen molar-refractivity contribution >= 4 is 0 Å². The third-order valence-corrected chi connectivity index (χ3v) is 3.81. The maximum absolute atomic E-state index is 2.36. The van der Waals surface area contributed by atoms with Crippen LogP contribution in [0.15, 0.2) is 0 Å². The molecule has 2 saturated carbocycles. The first-order valence-electron chi connectivity index (χ1n) is 4.88. The zero-order valence-electron chi connectivity index (χ0n) is 7.14. The Hall–Kier alpha value is 0. The predicted molar refractivity (Wildman–Crippen MR) is 43.8 cm³/mol. The molecule has 2 aliphatic rings. The molecule has 0 heterocycles. The van der Waals surface area contributed by atoms with Crippen LogP contribution in [0.3, 0.4) is 0 Å². The van der Waals surface area contributed by atoms with E-state index in [-0.39, 0.29) is 0 Å². The molecule has 2 aliphatic carbocycles. The average molecular weight is 138 g/mol. The molecule has 2 rings (SSSR count). The highest BCUT2D eigenvalue weighted by Gasteiger charge is 2.55. The van der Waals surface area contributed by atoms with Gasteiger partial charge in [-0.3, -0.25) is 0 Å². The van der Waals surface area contributed by atoms with E-state index < -0.39 is 0 Å². The lowest BCUT2D eigenvalue weighted by Crippen LogP contribution is -1.99. The van der Waals surface area contributed by atoms with E-state index in [1.807, 2.05) is 0 Å². The lowest BCUT2D eigenvalue weighted by Gasteiger charge is -2.09. The molecular weight excluding hydrogens is 120 g/mol. The van der Waals surface area contributed by atoms with E-state index >= 15 is 0 Å². The smallest absolute Gasteiger partial charge is 0.0324 e. The summed E-state index contributed by atoms with van der Waals surface area (Å²) >= 11 is 0. The van der Waals surface area contributed by atoms with Gasteiger partial charge in [-0.25, -0.2) is 0 Å². The van der Waals surface area contributed by atoms with Gasteiger partial charge in [-0.15, -0.1) is 0 Å². The molecule has 0 aliphatic heterocycles. The summed E-state index contributed by atoms with van der Waals surface area (Å²) in [5.41, 5.74) is 0. The fourth-order valence-corrected chi connectivity index (χ4v) is 3.23. The van der Waals surface area contributed by atoms with Gasteiger partial charge in [-0.1, -0.05) is 26.7 Å². The summed E-state index contributed by atoms with van der Waals surface area (Å²) in [6.07, 6.45) is 5.99. The monoisotopic (exact) mass is 138 g/mol. The normalized spacial score (nSPS) is 51.0. The van der Waals surface area contributed by atoms with Gasteiger partial charge in [-0.05, 0) is 36.5 Å². The van der Waals surface area contributed by atoms with Crippen LogP contribution in [0.4, 0.5) is 0 Å². The summed E-state index contributed by atoms with van der Waals surface area (Å²) < 4.78 is 0. The highest BCUT2D eigenvalue weighted by molar-refractivity contribution is 5.04. The molecule has 0 aromatic carbocycles. The average Bonchev–Trinajstić information content (AvgIpc) is 2.51. The van der Waals surface area contributed by atoms with Crippen LogP contribution in [-0.2, 0) is 0 Å². The SMILES string of the molecule is CCC1CCC2C1[C@H]2CC. The van der Waals surface area contributed by atoms with Crippen molar-refractivity contribution in [3.8, 4) is 0 Å². The van der Waals surface area contributed by atoms with E-state index in [2.05, 4.69) is 13.8 Å². The van der Waals surface area contributed by atoms with Crippen molar-refractivity contribution < 1.29 is 0 Å². The fraction of sp³-hybridized carbons (Fsp3) is 1.00. The van der Waals surface area contributed by atoms with Crippen molar-refractivity contribution in [3.05, 3.63) is 0 Å². The third-order valence-electron chi connectivity index (χ3n) is 3.81. The number of fused-ring (bicyclic) bond motifs is 1. The Kier molecular flexibility index (Phi) is 1.51.